The first-order valence-corrected chi connectivity index (χ1v) is 23.0. The summed E-state index contributed by atoms with van der Waals surface area (Å²) in [5, 5.41) is 0. The molecule has 0 saturated heterocycles. The van der Waals surface area contributed by atoms with Crippen LogP contribution in [0.1, 0.15) is 68.7 Å². The van der Waals surface area contributed by atoms with Gasteiger partial charge in [0.05, 0.1) is 6.61 Å². The number of esters is 1. The Morgan fingerprint density at radius 3 is 1.36 bits per heavy atom. The van der Waals surface area contributed by atoms with Crippen LogP contribution in [0.15, 0.2) is 12.7 Å². The van der Waals surface area contributed by atoms with Crippen LogP contribution < -0.4 is 0 Å². The summed E-state index contributed by atoms with van der Waals surface area (Å²) < 4.78 is 27.1. The van der Waals surface area contributed by atoms with E-state index < -0.39 is 33.8 Å². The van der Waals surface area contributed by atoms with Gasteiger partial charge in [0.15, 0.2) is 16.6 Å². The molecular formula is C24H54O5Si4. The Labute approximate surface area is 209 Å². The number of hydrogen-bond donors (Lipinski definition) is 0. The van der Waals surface area contributed by atoms with E-state index >= 15 is 0 Å². The summed E-state index contributed by atoms with van der Waals surface area (Å²) in [7, 11) is -8.58. The summed E-state index contributed by atoms with van der Waals surface area (Å²) in [6.45, 7) is 24.4. The third-order valence-corrected chi connectivity index (χ3v) is 29.2. The number of carbonyl (C=O) groups is 1. The van der Waals surface area contributed by atoms with Gasteiger partial charge in [0, 0.05) is 6.08 Å². The molecule has 0 aliphatic rings. The summed E-state index contributed by atoms with van der Waals surface area (Å²) >= 11 is 0. The van der Waals surface area contributed by atoms with Gasteiger partial charge in [-0.1, -0.05) is 68.9 Å². The minimum Gasteiger partial charge on any atom is -0.463 e. The monoisotopic (exact) mass is 534 g/mol. The van der Waals surface area contributed by atoms with E-state index in [1.54, 1.807) is 0 Å². The normalized spacial score (nSPS) is 13.2. The van der Waals surface area contributed by atoms with Crippen LogP contribution in [0, 0.1) is 0 Å². The smallest absolute Gasteiger partial charge is 0.330 e. The lowest BCUT2D eigenvalue weighted by Crippen LogP contribution is -2.61. The van der Waals surface area contributed by atoms with Crippen molar-refractivity contribution in [2.24, 2.45) is 0 Å². The van der Waals surface area contributed by atoms with Crippen LogP contribution in [0.4, 0.5) is 0 Å². The van der Waals surface area contributed by atoms with Crippen LogP contribution in [-0.4, -0.2) is 46.3 Å². The molecule has 0 radical (unpaired) electrons. The van der Waals surface area contributed by atoms with Gasteiger partial charge >= 0.3 is 23.1 Å². The average Bonchev–Trinajstić information content (AvgIpc) is 2.87. The topological polar surface area (TPSA) is 54.0 Å². The molecule has 0 aromatic rings. The number of rotatable bonds is 20. The minimum atomic E-state index is -2.43. The van der Waals surface area contributed by atoms with Crippen LogP contribution in [0.5, 0.6) is 0 Å². The molecule has 0 unspecified atom stereocenters. The molecule has 0 fully saturated rings. The second-order valence-corrected chi connectivity index (χ2v) is 26.8. The van der Waals surface area contributed by atoms with Gasteiger partial charge in [-0.25, -0.2) is 4.79 Å². The molecule has 0 heterocycles. The maximum atomic E-state index is 11.4. The molecule has 0 rings (SSSR count). The first kappa shape index (κ1) is 33.0. The van der Waals surface area contributed by atoms with Gasteiger partial charge in [0.25, 0.3) is 0 Å². The van der Waals surface area contributed by atoms with Crippen molar-refractivity contribution in [1.29, 1.82) is 0 Å². The van der Waals surface area contributed by atoms with Gasteiger partial charge in [-0.2, -0.15) is 0 Å². The van der Waals surface area contributed by atoms with Crippen LogP contribution in [-0.2, 0) is 21.9 Å². The van der Waals surface area contributed by atoms with E-state index in [1.165, 1.54) is 6.08 Å². The molecule has 33 heavy (non-hydrogen) atoms. The summed E-state index contributed by atoms with van der Waals surface area (Å²) in [5.41, 5.74) is 0. The highest BCUT2D eigenvalue weighted by Crippen LogP contribution is 2.38. The molecule has 0 aromatic heterocycles. The molecule has 196 valence electrons. The van der Waals surface area contributed by atoms with E-state index in [4.69, 9.17) is 17.1 Å². The van der Waals surface area contributed by atoms with Crippen LogP contribution >= 0.6 is 0 Å². The SMILES string of the molecule is C=CC(=O)OCCC[Si](CC)(CC)O[Si](CC)(CC)O[Si](CC)(CC)O[Si](CC)(CC)CC. The van der Waals surface area contributed by atoms with Crippen molar-refractivity contribution in [2.75, 3.05) is 6.61 Å². The van der Waals surface area contributed by atoms with Crippen molar-refractivity contribution >= 4 is 39.7 Å². The standard InChI is InChI=1S/C24H54O5Si4/c1-11-24(25)26-22-21-23-31(15-5,16-6)28-33(19-9,20-10)29-32(17-7,18-8)27-30(12-2,13-3)14-4/h11H,1,12-23H2,2-10H3. The van der Waals surface area contributed by atoms with Gasteiger partial charge < -0.3 is 17.1 Å². The van der Waals surface area contributed by atoms with Gasteiger partial charge in [0.1, 0.15) is 0 Å². The predicted octanol–water partition coefficient (Wildman–Crippen LogP) is 8.11. The van der Waals surface area contributed by atoms with Crippen LogP contribution in [0.25, 0.3) is 0 Å². The van der Waals surface area contributed by atoms with E-state index in [-0.39, 0.29) is 5.97 Å². The molecule has 0 aromatic carbocycles. The maximum absolute atomic E-state index is 11.4. The third kappa shape index (κ3) is 9.50. The Bertz CT molecular complexity index is 549. The highest BCUT2D eigenvalue weighted by Gasteiger charge is 2.51. The Morgan fingerprint density at radius 2 is 1.03 bits per heavy atom. The summed E-state index contributed by atoms with van der Waals surface area (Å²) in [6.07, 6.45) is 2.07. The molecular weight excluding hydrogens is 481 g/mol. The predicted molar refractivity (Wildman–Crippen MR) is 151 cm³/mol. The highest BCUT2D eigenvalue weighted by atomic mass is 28.5. The van der Waals surface area contributed by atoms with Crippen molar-refractivity contribution in [2.45, 2.75) is 129 Å². The molecule has 0 spiro atoms. The Morgan fingerprint density at radius 1 is 0.636 bits per heavy atom. The second kappa shape index (κ2) is 15.9. The van der Waals surface area contributed by atoms with Crippen molar-refractivity contribution in [1.82, 2.24) is 0 Å². The van der Waals surface area contributed by atoms with Gasteiger partial charge in [-0.3, -0.25) is 0 Å². The number of carbonyl (C=O) groups excluding carboxylic acids is 1. The zero-order valence-corrected chi connectivity index (χ0v) is 27.3. The van der Waals surface area contributed by atoms with Crippen molar-refractivity contribution < 1.29 is 21.9 Å². The van der Waals surface area contributed by atoms with E-state index in [1.807, 2.05) is 0 Å². The quantitative estimate of drug-likeness (QED) is 0.0683. The molecule has 5 nitrogen and oxygen atoms in total. The zero-order valence-electron chi connectivity index (χ0n) is 23.3. The van der Waals surface area contributed by atoms with Gasteiger partial charge in [-0.05, 0) is 66.9 Å². The number of ether oxygens (including phenoxy) is 1. The Balaban J connectivity index is 5.86. The van der Waals surface area contributed by atoms with E-state index in [9.17, 15) is 4.79 Å². The third-order valence-electron chi connectivity index (χ3n) is 7.74. The Hall–Kier alpha value is -0.0425. The number of hydrogen-bond acceptors (Lipinski definition) is 5. The lowest BCUT2D eigenvalue weighted by atomic mass is 10.5. The molecule has 0 N–H and O–H groups in total. The fraction of sp³-hybridized carbons (Fsp3) is 0.875. The van der Waals surface area contributed by atoms with Crippen molar-refractivity contribution in [3.05, 3.63) is 12.7 Å². The maximum Gasteiger partial charge on any atom is 0.330 e. The minimum absolute atomic E-state index is 0.348. The molecule has 0 amide bonds. The van der Waals surface area contributed by atoms with E-state index in [0.717, 1.165) is 66.9 Å². The van der Waals surface area contributed by atoms with Crippen molar-refractivity contribution in [3.63, 3.8) is 0 Å². The lowest BCUT2D eigenvalue weighted by Gasteiger charge is -2.47. The summed E-state index contributed by atoms with van der Waals surface area (Å²) in [6, 6.07) is 10.5. The summed E-state index contributed by atoms with van der Waals surface area (Å²) in [5.74, 6) is -0.348. The molecule has 0 saturated carbocycles. The summed E-state index contributed by atoms with van der Waals surface area (Å²) in [4.78, 5) is 11.4. The average molecular weight is 535 g/mol. The fourth-order valence-electron chi connectivity index (χ4n) is 4.64. The molecule has 9 heteroatoms. The lowest BCUT2D eigenvalue weighted by molar-refractivity contribution is -0.137. The van der Waals surface area contributed by atoms with Crippen molar-refractivity contribution in [3.8, 4) is 0 Å². The highest BCUT2D eigenvalue weighted by molar-refractivity contribution is 6.91. The Kier molecular flexibility index (Phi) is 15.8. The van der Waals surface area contributed by atoms with Crippen LogP contribution in [0.3, 0.4) is 0 Å². The molecule has 0 aliphatic heterocycles. The largest absolute Gasteiger partial charge is 0.463 e. The molecule has 0 bridgehead atoms. The molecule has 0 atom stereocenters. The van der Waals surface area contributed by atoms with Gasteiger partial charge in [-0.15, -0.1) is 0 Å². The fourth-order valence-corrected chi connectivity index (χ4v) is 27.2. The van der Waals surface area contributed by atoms with Crippen LogP contribution in [0.2, 0.25) is 60.4 Å². The molecule has 0 aliphatic carbocycles. The van der Waals surface area contributed by atoms with E-state index in [0.29, 0.717) is 6.61 Å². The van der Waals surface area contributed by atoms with Gasteiger partial charge in [0.2, 0.25) is 0 Å². The zero-order chi connectivity index (χ0) is 25.6. The van der Waals surface area contributed by atoms with E-state index in [2.05, 4.69) is 68.9 Å². The first-order valence-electron chi connectivity index (χ1n) is 13.5. The first-order chi connectivity index (χ1) is 15.6. The second-order valence-electron chi connectivity index (χ2n) is 9.15.